The van der Waals surface area contributed by atoms with E-state index in [1.807, 2.05) is 0 Å². The number of nitrogens with zero attached hydrogens (tertiary/aromatic N) is 2. The average molecular weight is 329 g/mol. The maximum Gasteiger partial charge on any atom is 0.348 e. The molecule has 2 N–H and O–H groups in total. The predicted molar refractivity (Wildman–Crippen MR) is 75.7 cm³/mol. The van der Waals surface area contributed by atoms with E-state index in [1.165, 1.54) is 28.8 Å². The Balaban J connectivity index is 2.40. The van der Waals surface area contributed by atoms with Crippen LogP contribution in [0.15, 0.2) is 39.1 Å². The molecular formula is C11H11N3O5S2. The molecule has 2 rings (SSSR count). The van der Waals surface area contributed by atoms with Crippen LogP contribution in [0.1, 0.15) is 0 Å². The van der Waals surface area contributed by atoms with Crippen LogP contribution >= 0.6 is 11.8 Å². The summed E-state index contributed by atoms with van der Waals surface area (Å²) in [6.07, 6.45) is 1.08. The van der Waals surface area contributed by atoms with Gasteiger partial charge in [-0.1, -0.05) is 11.8 Å². The van der Waals surface area contributed by atoms with Crippen molar-refractivity contribution in [2.75, 3.05) is 12.0 Å². The summed E-state index contributed by atoms with van der Waals surface area (Å²) in [7, 11) is -3.32. The van der Waals surface area contributed by atoms with Crippen molar-refractivity contribution in [1.29, 1.82) is 0 Å². The Morgan fingerprint density at radius 3 is 2.52 bits per heavy atom. The molecule has 10 heteroatoms. The Bertz CT molecular complexity index is 820. The molecule has 112 valence electrons. The molecule has 1 aromatic heterocycles. The van der Waals surface area contributed by atoms with E-state index in [1.54, 1.807) is 0 Å². The molecule has 0 unspecified atom stereocenters. The van der Waals surface area contributed by atoms with Gasteiger partial charge in [0.2, 0.25) is 0 Å². The molecule has 0 aliphatic heterocycles. The second kappa shape index (κ2) is 5.74. The molecule has 0 spiro atoms. The third kappa shape index (κ3) is 3.52. The van der Waals surface area contributed by atoms with Crippen LogP contribution in [-0.2, 0) is 14.6 Å². The van der Waals surface area contributed by atoms with Gasteiger partial charge in [0.15, 0.2) is 15.0 Å². The van der Waals surface area contributed by atoms with Crippen molar-refractivity contribution in [1.82, 2.24) is 14.8 Å². The third-order valence-electron chi connectivity index (χ3n) is 2.49. The van der Waals surface area contributed by atoms with Gasteiger partial charge in [0, 0.05) is 6.26 Å². The number of rotatable bonds is 5. The van der Waals surface area contributed by atoms with Gasteiger partial charge in [-0.2, -0.15) is 0 Å². The third-order valence-corrected chi connectivity index (χ3v) is 4.54. The van der Waals surface area contributed by atoms with Gasteiger partial charge in [0.05, 0.1) is 16.3 Å². The minimum atomic E-state index is -3.32. The number of hydrogen-bond donors (Lipinski definition) is 2. The zero-order chi connectivity index (χ0) is 15.6. The number of carboxylic acid groups (broad SMARTS) is 1. The second-order valence-corrected chi connectivity index (χ2v) is 7.05. The first-order valence-corrected chi connectivity index (χ1v) is 8.49. The molecule has 21 heavy (non-hydrogen) atoms. The number of aromatic nitrogens is 3. The predicted octanol–water partition coefficient (Wildman–Crippen LogP) is 0.141. The summed E-state index contributed by atoms with van der Waals surface area (Å²) in [5.41, 5.74) is -0.135. The van der Waals surface area contributed by atoms with E-state index in [2.05, 4.69) is 10.2 Å². The molecule has 0 bridgehead atoms. The Labute approximate surface area is 123 Å². The number of nitrogens with one attached hydrogen (secondary N) is 1. The molecule has 0 fully saturated rings. The summed E-state index contributed by atoms with van der Waals surface area (Å²) in [4.78, 5) is 22.4. The van der Waals surface area contributed by atoms with Crippen LogP contribution in [0.2, 0.25) is 0 Å². The zero-order valence-electron chi connectivity index (χ0n) is 10.8. The summed E-state index contributed by atoms with van der Waals surface area (Å²) in [6.45, 7) is 0. The van der Waals surface area contributed by atoms with E-state index in [0.29, 0.717) is 5.69 Å². The van der Waals surface area contributed by atoms with Crippen LogP contribution in [0.5, 0.6) is 0 Å². The summed E-state index contributed by atoms with van der Waals surface area (Å²) in [6, 6.07) is 5.65. The lowest BCUT2D eigenvalue weighted by atomic mass is 10.3. The number of benzene rings is 1. The first kappa shape index (κ1) is 15.3. The SMILES string of the molecule is CS(=O)(=O)c1ccc(-n2c(SCC(=O)O)n[nH]c2=O)cc1. The molecule has 0 saturated carbocycles. The first-order chi connectivity index (χ1) is 9.79. The minimum Gasteiger partial charge on any atom is -0.481 e. The van der Waals surface area contributed by atoms with Gasteiger partial charge in [-0.15, -0.1) is 5.10 Å². The van der Waals surface area contributed by atoms with E-state index < -0.39 is 21.5 Å². The molecule has 8 nitrogen and oxygen atoms in total. The van der Waals surface area contributed by atoms with Crippen LogP contribution in [0, 0.1) is 0 Å². The van der Waals surface area contributed by atoms with E-state index in [4.69, 9.17) is 5.11 Å². The van der Waals surface area contributed by atoms with E-state index in [0.717, 1.165) is 18.0 Å². The van der Waals surface area contributed by atoms with Crippen LogP contribution in [0.3, 0.4) is 0 Å². The highest BCUT2D eigenvalue weighted by Crippen LogP contribution is 2.19. The highest BCUT2D eigenvalue weighted by Gasteiger charge is 2.13. The number of H-pyrrole nitrogens is 1. The Morgan fingerprint density at radius 1 is 1.38 bits per heavy atom. The molecule has 0 saturated heterocycles. The van der Waals surface area contributed by atoms with Gasteiger partial charge in [0.25, 0.3) is 0 Å². The number of aromatic amines is 1. The Hall–Kier alpha value is -2.07. The molecule has 1 heterocycles. The average Bonchev–Trinajstić information content (AvgIpc) is 2.76. The normalized spacial score (nSPS) is 11.5. The van der Waals surface area contributed by atoms with Gasteiger partial charge < -0.3 is 5.11 Å². The fraction of sp³-hybridized carbons (Fsp3) is 0.182. The zero-order valence-corrected chi connectivity index (χ0v) is 12.4. The van der Waals surface area contributed by atoms with Crippen LogP contribution in [-0.4, -0.2) is 46.3 Å². The first-order valence-electron chi connectivity index (χ1n) is 5.61. The van der Waals surface area contributed by atoms with Crippen molar-refractivity contribution in [3.05, 3.63) is 34.7 Å². The lowest BCUT2D eigenvalue weighted by molar-refractivity contribution is -0.133. The number of thioether (sulfide) groups is 1. The molecule has 2 aromatic rings. The summed E-state index contributed by atoms with van der Waals surface area (Å²) < 4.78 is 24.0. The van der Waals surface area contributed by atoms with Crippen molar-refractivity contribution in [2.45, 2.75) is 10.1 Å². The largest absolute Gasteiger partial charge is 0.481 e. The Morgan fingerprint density at radius 2 is 2.00 bits per heavy atom. The van der Waals surface area contributed by atoms with Gasteiger partial charge in [-0.3, -0.25) is 4.79 Å². The van der Waals surface area contributed by atoms with Crippen molar-refractivity contribution in [3.8, 4) is 5.69 Å². The van der Waals surface area contributed by atoms with Crippen LogP contribution < -0.4 is 5.69 Å². The smallest absolute Gasteiger partial charge is 0.348 e. The number of carboxylic acids is 1. The standard InChI is InChI=1S/C11H11N3O5S2/c1-21(18,19)8-4-2-7(3-5-8)14-10(17)12-13-11(14)20-6-9(15)16/h2-5H,6H2,1H3,(H,12,17)(H,15,16). The highest BCUT2D eigenvalue weighted by molar-refractivity contribution is 7.99. The van der Waals surface area contributed by atoms with E-state index in [9.17, 15) is 18.0 Å². The maximum absolute atomic E-state index is 11.7. The fourth-order valence-corrected chi connectivity index (χ4v) is 2.89. The minimum absolute atomic E-state index is 0.127. The molecule has 0 aliphatic carbocycles. The van der Waals surface area contributed by atoms with Crippen LogP contribution in [0.25, 0.3) is 5.69 Å². The monoisotopic (exact) mass is 329 g/mol. The van der Waals surface area contributed by atoms with Gasteiger partial charge >= 0.3 is 11.7 Å². The van der Waals surface area contributed by atoms with Crippen molar-refractivity contribution in [2.24, 2.45) is 0 Å². The molecule has 1 aromatic carbocycles. The molecular weight excluding hydrogens is 318 g/mol. The lowest BCUT2D eigenvalue weighted by Gasteiger charge is -2.05. The van der Waals surface area contributed by atoms with E-state index in [-0.39, 0.29) is 15.8 Å². The summed E-state index contributed by atoms with van der Waals surface area (Å²) >= 11 is 0.883. The Kier molecular flexibility index (Phi) is 4.19. The van der Waals surface area contributed by atoms with Crippen molar-refractivity contribution in [3.63, 3.8) is 0 Å². The van der Waals surface area contributed by atoms with Crippen LogP contribution in [0.4, 0.5) is 0 Å². The topological polar surface area (TPSA) is 122 Å². The number of carbonyl (C=O) groups is 1. The van der Waals surface area contributed by atoms with Gasteiger partial charge in [0.1, 0.15) is 0 Å². The highest BCUT2D eigenvalue weighted by atomic mass is 32.2. The molecule has 0 aliphatic rings. The maximum atomic E-state index is 11.7. The number of hydrogen-bond acceptors (Lipinski definition) is 6. The van der Waals surface area contributed by atoms with E-state index >= 15 is 0 Å². The summed E-state index contributed by atoms with van der Waals surface area (Å²) in [5.74, 6) is -1.28. The molecule has 0 atom stereocenters. The van der Waals surface area contributed by atoms with Crippen molar-refractivity contribution >= 4 is 27.6 Å². The number of sulfone groups is 1. The van der Waals surface area contributed by atoms with Crippen molar-refractivity contribution < 1.29 is 18.3 Å². The quantitative estimate of drug-likeness (QED) is 0.748. The fourth-order valence-electron chi connectivity index (χ4n) is 1.58. The summed E-state index contributed by atoms with van der Waals surface area (Å²) in [5, 5.41) is 14.8. The van der Waals surface area contributed by atoms with Gasteiger partial charge in [-0.25, -0.2) is 22.9 Å². The molecule has 0 radical (unpaired) electrons. The van der Waals surface area contributed by atoms with Gasteiger partial charge in [-0.05, 0) is 24.3 Å². The molecule has 0 amide bonds. The number of aliphatic carboxylic acids is 1. The second-order valence-electron chi connectivity index (χ2n) is 4.10. The lowest BCUT2D eigenvalue weighted by Crippen LogP contribution is -2.16.